The van der Waals surface area contributed by atoms with Gasteiger partial charge in [0.1, 0.15) is 11.3 Å². The Morgan fingerprint density at radius 1 is 1.50 bits per heavy atom. The lowest BCUT2D eigenvalue weighted by Gasteiger charge is -2.05. The van der Waals surface area contributed by atoms with E-state index in [4.69, 9.17) is 10.6 Å². The number of nitrogens with zero attached hydrogens (tertiary/aromatic N) is 3. The minimum atomic E-state index is -0.440. The molecule has 0 aliphatic heterocycles. The molecule has 0 atom stereocenters. The van der Waals surface area contributed by atoms with Crippen LogP contribution in [0, 0.1) is 0 Å². The van der Waals surface area contributed by atoms with E-state index in [1.54, 1.807) is 13.0 Å². The van der Waals surface area contributed by atoms with Crippen molar-refractivity contribution in [1.29, 1.82) is 0 Å². The summed E-state index contributed by atoms with van der Waals surface area (Å²) < 4.78 is 6.29. The summed E-state index contributed by atoms with van der Waals surface area (Å²) in [7, 11) is 0. The number of thioether (sulfide) groups is 1. The zero-order valence-electron chi connectivity index (χ0n) is 13.6. The molecule has 0 saturated heterocycles. The number of amides is 1. The average Bonchev–Trinajstić information content (AvgIpc) is 3.12. The van der Waals surface area contributed by atoms with Crippen LogP contribution in [0.2, 0.25) is 0 Å². The van der Waals surface area contributed by atoms with E-state index < -0.39 is 5.97 Å². The second-order valence-corrected chi connectivity index (χ2v) is 7.15. The van der Waals surface area contributed by atoms with Crippen LogP contribution in [0.25, 0.3) is 0 Å². The molecule has 3 N–H and O–H groups in total. The van der Waals surface area contributed by atoms with Gasteiger partial charge in [-0.15, -0.1) is 21.5 Å². The summed E-state index contributed by atoms with van der Waals surface area (Å²) in [4.78, 5) is 25.2. The van der Waals surface area contributed by atoms with E-state index >= 15 is 0 Å². The van der Waals surface area contributed by atoms with Crippen LogP contribution in [-0.2, 0) is 9.53 Å². The Morgan fingerprint density at radius 3 is 2.83 bits per heavy atom. The fourth-order valence-electron chi connectivity index (χ4n) is 1.78. The van der Waals surface area contributed by atoms with Crippen molar-refractivity contribution >= 4 is 40.0 Å². The molecule has 8 nitrogen and oxygen atoms in total. The molecule has 0 spiro atoms. The Kier molecular flexibility index (Phi) is 6.21. The first-order chi connectivity index (χ1) is 11.4. The first-order valence-electron chi connectivity index (χ1n) is 7.31. The highest BCUT2D eigenvalue weighted by molar-refractivity contribution is 7.99. The predicted octanol–water partition coefficient (Wildman–Crippen LogP) is 2.08. The maximum absolute atomic E-state index is 12.2. The van der Waals surface area contributed by atoms with E-state index in [1.165, 1.54) is 22.3 Å². The summed E-state index contributed by atoms with van der Waals surface area (Å²) in [5.74, 6) is 5.25. The van der Waals surface area contributed by atoms with Gasteiger partial charge in [-0.3, -0.25) is 4.79 Å². The van der Waals surface area contributed by atoms with Crippen molar-refractivity contribution in [3.8, 4) is 0 Å². The van der Waals surface area contributed by atoms with Crippen LogP contribution in [0.15, 0.2) is 17.6 Å². The van der Waals surface area contributed by atoms with Gasteiger partial charge in [0.05, 0.1) is 17.9 Å². The van der Waals surface area contributed by atoms with Crippen LogP contribution < -0.4 is 11.2 Å². The average molecular weight is 369 g/mol. The van der Waals surface area contributed by atoms with Crippen molar-refractivity contribution in [2.24, 2.45) is 0 Å². The first-order valence-corrected chi connectivity index (χ1v) is 9.11. The number of carbonyl (C=O) groups excluding carboxylic acids is 2. The van der Waals surface area contributed by atoms with Gasteiger partial charge >= 0.3 is 5.97 Å². The van der Waals surface area contributed by atoms with Crippen LogP contribution in [-0.4, -0.2) is 39.1 Å². The molecule has 0 bridgehead atoms. The third kappa shape index (κ3) is 4.48. The third-order valence-corrected chi connectivity index (χ3v) is 5.25. The number of nitrogens with one attached hydrogen (secondary N) is 1. The van der Waals surface area contributed by atoms with Crippen LogP contribution in [0.4, 0.5) is 5.00 Å². The molecule has 0 aliphatic carbocycles. The number of thiophene rings is 1. The molecule has 0 aliphatic rings. The standard InChI is InChI=1S/C14H19N5O3S2/c1-4-22-13(21)9-5-10(8(2)3)24-12(9)17-11(20)6-23-14-18-16-7-19(14)15/h5,7-8H,4,6,15H2,1-3H3,(H,17,20). The van der Waals surface area contributed by atoms with Gasteiger partial charge in [-0.2, -0.15) is 0 Å². The van der Waals surface area contributed by atoms with Gasteiger partial charge in [0.2, 0.25) is 11.1 Å². The van der Waals surface area contributed by atoms with Crippen molar-refractivity contribution in [3.05, 3.63) is 22.8 Å². The summed E-state index contributed by atoms with van der Waals surface area (Å²) >= 11 is 2.54. The molecule has 0 aromatic carbocycles. The minimum Gasteiger partial charge on any atom is -0.462 e. The summed E-state index contributed by atoms with van der Waals surface area (Å²) in [5, 5.41) is 11.1. The SMILES string of the molecule is CCOC(=O)c1cc(C(C)C)sc1NC(=O)CSc1nncn1N. The molecule has 0 radical (unpaired) electrons. The second-order valence-electron chi connectivity index (χ2n) is 5.12. The van der Waals surface area contributed by atoms with Gasteiger partial charge < -0.3 is 15.9 Å². The van der Waals surface area contributed by atoms with Gasteiger partial charge in [-0.25, -0.2) is 9.47 Å². The van der Waals surface area contributed by atoms with Crippen molar-refractivity contribution in [2.75, 3.05) is 23.5 Å². The number of ether oxygens (including phenoxy) is 1. The molecule has 1 amide bonds. The van der Waals surface area contributed by atoms with Gasteiger partial charge in [0.25, 0.3) is 0 Å². The third-order valence-electron chi connectivity index (χ3n) is 2.94. The Hall–Kier alpha value is -2.07. The Morgan fingerprint density at radius 2 is 2.25 bits per heavy atom. The monoisotopic (exact) mass is 369 g/mol. The minimum absolute atomic E-state index is 0.104. The fourth-order valence-corrected chi connectivity index (χ4v) is 3.47. The lowest BCUT2D eigenvalue weighted by atomic mass is 10.1. The molecule has 24 heavy (non-hydrogen) atoms. The molecule has 2 heterocycles. The number of nitrogen functional groups attached to an aromatic ring is 1. The second kappa shape index (κ2) is 8.15. The molecule has 2 aromatic rings. The van der Waals surface area contributed by atoms with E-state index in [2.05, 4.69) is 15.5 Å². The Labute approximate surface area is 147 Å². The maximum Gasteiger partial charge on any atom is 0.341 e. The number of hydrogen-bond donors (Lipinski definition) is 2. The Bertz CT molecular complexity index is 726. The number of hydrogen-bond acceptors (Lipinski definition) is 8. The van der Waals surface area contributed by atoms with Crippen LogP contribution in [0.1, 0.15) is 41.9 Å². The van der Waals surface area contributed by atoms with Crippen LogP contribution in [0.3, 0.4) is 0 Å². The zero-order chi connectivity index (χ0) is 17.7. The van der Waals surface area contributed by atoms with Crippen molar-refractivity contribution in [2.45, 2.75) is 31.8 Å². The topological polar surface area (TPSA) is 112 Å². The smallest absolute Gasteiger partial charge is 0.341 e. The van der Waals surface area contributed by atoms with E-state index in [9.17, 15) is 9.59 Å². The highest BCUT2D eigenvalue weighted by Crippen LogP contribution is 2.33. The van der Waals surface area contributed by atoms with Crippen molar-refractivity contribution in [1.82, 2.24) is 14.9 Å². The number of aromatic nitrogens is 3. The fraction of sp³-hybridized carbons (Fsp3) is 0.429. The molecule has 10 heteroatoms. The van der Waals surface area contributed by atoms with Gasteiger partial charge in [-0.1, -0.05) is 25.6 Å². The summed E-state index contributed by atoms with van der Waals surface area (Å²) in [6, 6.07) is 1.77. The number of esters is 1. The normalized spacial score (nSPS) is 10.8. The highest BCUT2D eigenvalue weighted by atomic mass is 32.2. The van der Waals surface area contributed by atoms with Crippen LogP contribution in [0.5, 0.6) is 0 Å². The molecule has 2 rings (SSSR count). The highest BCUT2D eigenvalue weighted by Gasteiger charge is 2.20. The first kappa shape index (κ1) is 18.3. The summed E-state index contributed by atoms with van der Waals surface area (Å²) in [5.41, 5.74) is 0.380. The Balaban J connectivity index is 2.08. The van der Waals surface area contributed by atoms with Crippen LogP contribution >= 0.6 is 23.1 Å². The summed E-state index contributed by atoms with van der Waals surface area (Å²) in [6.45, 7) is 6.07. The van der Waals surface area contributed by atoms with Gasteiger partial charge in [0, 0.05) is 4.88 Å². The predicted molar refractivity (Wildman–Crippen MR) is 93.9 cm³/mol. The quantitative estimate of drug-likeness (QED) is 0.436. The molecular formula is C14H19N5O3S2. The van der Waals surface area contributed by atoms with Crippen molar-refractivity contribution < 1.29 is 14.3 Å². The molecule has 0 fully saturated rings. The number of carbonyl (C=O) groups is 2. The number of anilines is 1. The maximum atomic E-state index is 12.2. The summed E-state index contributed by atoms with van der Waals surface area (Å²) in [6.07, 6.45) is 1.35. The molecule has 2 aromatic heterocycles. The van der Waals surface area contributed by atoms with Crippen molar-refractivity contribution in [3.63, 3.8) is 0 Å². The zero-order valence-corrected chi connectivity index (χ0v) is 15.2. The van der Waals surface area contributed by atoms with E-state index in [0.717, 1.165) is 16.6 Å². The molecule has 0 unspecified atom stereocenters. The van der Waals surface area contributed by atoms with Gasteiger partial charge in [0.15, 0.2) is 0 Å². The lowest BCUT2D eigenvalue weighted by Crippen LogP contribution is -2.17. The van der Waals surface area contributed by atoms with Gasteiger partial charge in [-0.05, 0) is 18.9 Å². The largest absolute Gasteiger partial charge is 0.462 e. The number of rotatable bonds is 7. The number of nitrogens with two attached hydrogens (primary N) is 1. The lowest BCUT2D eigenvalue weighted by molar-refractivity contribution is -0.113. The molecular weight excluding hydrogens is 350 g/mol. The van der Waals surface area contributed by atoms with E-state index in [0.29, 0.717) is 15.7 Å². The van der Waals surface area contributed by atoms with E-state index in [1.807, 2.05) is 13.8 Å². The molecule has 0 saturated carbocycles. The molecule has 130 valence electrons. The van der Waals surface area contributed by atoms with E-state index in [-0.39, 0.29) is 24.2 Å².